The molecule has 3 fully saturated rings. The molecule has 0 aromatic rings. The van der Waals surface area contributed by atoms with Crippen molar-refractivity contribution in [2.45, 2.75) is 52.6 Å². The summed E-state index contributed by atoms with van der Waals surface area (Å²) < 4.78 is 0. The van der Waals surface area contributed by atoms with E-state index in [1.54, 1.807) is 0 Å². The van der Waals surface area contributed by atoms with E-state index < -0.39 is 0 Å². The molecule has 0 radical (unpaired) electrons. The van der Waals surface area contributed by atoms with E-state index in [0.29, 0.717) is 0 Å². The Morgan fingerprint density at radius 3 is 2.33 bits per heavy atom. The highest BCUT2D eigenvalue weighted by Gasteiger charge is 2.55. The van der Waals surface area contributed by atoms with Crippen LogP contribution in [0, 0.1) is 29.6 Å². The third kappa shape index (κ3) is 1.39. The van der Waals surface area contributed by atoms with E-state index in [0.717, 1.165) is 41.7 Å². The number of hydrogen-bond acceptors (Lipinski definition) is 1. The van der Waals surface area contributed by atoms with Crippen LogP contribution in [0.4, 0.5) is 0 Å². The number of rotatable bonds is 2. The van der Waals surface area contributed by atoms with E-state index in [9.17, 15) is 0 Å². The van der Waals surface area contributed by atoms with Crippen LogP contribution in [0.1, 0.15) is 40.5 Å². The SMILES string of the molecule is CC(C)C1C(C)CC1C1CC2C(C)N2C1. The zero-order valence-electron chi connectivity index (χ0n) is 10.6. The van der Waals surface area contributed by atoms with Crippen LogP contribution in [0.3, 0.4) is 0 Å². The van der Waals surface area contributed by atoms with Gasteiger partial charge in [0.1, 0.15) is 0 Å². The minimum Gasteiger partial charge on any atom is -0.294 e. The number of hydrogen-bond donors (Lipinski definition) is 0. The van der Waals surface area contributed by atoms with Gasteiger partial charge in [0.15, 0.2) is 0 Å². The molecule has 1 saturated carbocycles. The minimum absolute atomic E-state index is 0.906. The Balaban J connectivity index is 1.61. The second kappa shape index (κ2) is 3.23. The summed E-state index contributed by atoms with van der Waals surface area (Å²) in [5.41, 5.74) is 0. The fourth-order valence-electron chi connectivity index (χ4n) is 4.71. The van der Waals surface area contributed by atoms with Gasteiger partial charge in [0, 0.05) is 18.6 Å². The van der Waals surface area contributed by atoms with E-state index in [2.05, 4.69) is 32.6 Å². The second-order valence-electron chi connectivity index (χ2n) is 6.70. The number of fused-ring (bicyclic) bond motifs is 1. The van der Waals surface area contributed by atoms with E-state index in [-0.39, 0.29) is 0 Å². The smallest absolute Gasteiger partial charge is 0.0255 e. The summed E-state index contributed by atoms with van der Waals surface area (Å²) in [4.78, 5) is 2.71. The molecule has 3 rings (SSSR count). The number of piperidine rings is 1. The molecule has 2 aliphatic heterocycles. The molecule has 86 valence electrons. The molecule has 0 spiro atoms. The van der Waals surface area contributed by atoms with Crippen LogP contribution < -0.4 is 0 Å². The normalized spacial score (nSPS) is 57.8. The largest absolute Gasteiger partial charge is 0.294 e. The quantitative estimate of drug-likeness (QED) is 0.629. The lowest BCUT2D eigenvalue weighted by molar-refractivity contribution is 0.000683. The van der Waals surface area contributed by atoms with Crippen LogP contribution in [-0.2, 0) is 0 Å². The van der Waals surface area contributed by atoms with Gasteiger partial charge in [0.05, 0.1) is 0 Å². The molecule has 0 N–H and O–H groups in total. The molecule has 3 aliphatic rings. The number of nitrogens with zero attached hydrogens (tertiary/aromatic N) is 1. The Morgan fingerprint density at radius 2 is 1.87 bits per heavy atom. The monoisotopic (exact) mass is 207 g/mol. The average Bonchev–Trinajstić information content (AvgIpc) is 2.63. The van der Waals surface area contributed by atoms with Crippen LogP contribution in [-0.4, -0.2) is 23.5 Å². The highest BCUT2D eigenvalue weighted by atomic mass is 15.4. The fourth-order valence-corrected chi connectivity index (χ4v) is 4.71. The summed E-state index contributed by atoms with van der Waals surface area (Å²) >= 11 is 0. The zero-order chi connectivity index (χ0) is 10.7. The molecule has 1 nitrogen and oxygen atoms in total. The van der Waals surface area contributed by atoms with E-state index in [4.69, 9.17) is 0 Å². The lowest BCUT2D eigenvalue weighted by atomic mass is 9.56. The Labute approximate surface area is 94.2 Å². The van der Waals surface area contributed by atoms with Crippen LogP contribution >= 0.6 is 0 Å². The van der Waals surface area contributed by atoms with Crippen LogP contribution in [0.25, 0.3) is 0 Å². The van der Waals surface area contributed by atoms with Gasteiger partial charge in [-0.15, -0.1) is 0 Å². The summed E-state index contributed by atoms with van der Waals surface area (Å²) in [6.07, 6.45) is 3.03. The Morgan fingerprint density at radius 1 is 1.13 bits per heavy atom. The summed E-state index contributed by atoms with van der Waals surface area (Å²) in [5, 5.41) is 0. The predicted molar refractivity (Wildman–Crippen MR) is 63.7 cm³/mol. The van der Waals surface area contributed by atoms with E-state index >= 15 is 0 Å². The first-order valence-corrected chi connectivity index (χ1v) is 6.85. The van der Waals surface area contributed by atoms with Crippen molar-refractivity contribution in [3.8, 4) is 0 Å². The lowest BCUT2D eigenvalue weighted by Gasteiger charge is -2.49. The Hall–Kier alpha value is -0.0400. The molecule has 15 heavy (non-hydrogen) atoms. The highest BCUT2D eigenvalue weighted by molar-refractivity contribution is 5.09. The fraction of sp³-hybridized carbons (Fsp3) is 1.00. The van der Waals surface area contributed by atoms with Gasteiger partial charge in [0.2, 0.25) is 0 Å². The second-order valence-corrected chi connectivity index (χ2v) is 6.70. The molecule has 2 heterocycles. The third-order valence-corrected chi connectivity index (χ3v) is 5.58. The molecular formula is C14H25N. The van der Waals surface area contributed by atoms with E-state index in [1.807, 2.05) is 0 Å². The molecule has 7 unspecified atom stereocenters. The lowest BCUT2D eigenvalue weighted by Crippen LogP contribution is -2.43. The van der Waals surface area contributed by atoms with Crippen molar-refractivity contribution >= 4 is 0 Å². The molecule has 7 atom stereocenters. The Kier molecular flexibility index (Phi) is 2.18. The van der Waals surface area contributed by atoms with Gasteiger partial charge in [-0.05, 0) is 49.4 Å². The van der Waals surface area contributed by atoms with Crippen molar-refractivity contribution in [3.05, 3.63) is 0 Å². The minimum atomic E-state index is 0.906. The molecule has 0 bridgehead atoms. The van der Waals surface area contributed by atoms with Gasteiger partial charge in [-0.2, -0.15) is 0 Å². The maximum atomic E-state index is 2.71. The molecule has 2 saturated heterocycles. The van der Waals surface area contributed by atoms with Crippen molar-refractivity contribution in [3.63, 3.8) is 0 Å². The predicted octanol–water partition coefficient (Wildman–Crippen LogP) is 3.01. The van der Waals surface area contributed by atoms with Gasteiger partial charge in [-0.1, -0.05) is 20.8 Å². The van der Waals surface area contributed by atoms with Gasteiger partial charge in [-0.3, -0.25) is 4.90 Å². The Bertz CT molecular complexity index is 243. The summed E-state index contributed by atoms with van der Waals surface area (Å²) in [5.74, 6) is 5.06. The summed E-state index contributed by atoms with van der Waals surface area (Å²) in [7, 11) is 0. The van der Waals surface area contributed by atoms with Crippen molar-refractivity contribution in [2.75, 3.05) is 6.54 Å². The molecule has 1 aliphatic carbocycles. The van der Waals surface area contributed by atoms with Crippen LogP contribution in [0.2, 0.25) is 0 Å². The maximum absolute atomic E-state index is 2.71. The third-order valence-electron chi connectivity index (χ3n) is 5.58. The van der Waals surface area contributed by atoms with Gasteiger partial charge in [0.25, 0.3) is 0 Å². The topological polar surface area (TPSA) is 3.01 Å². The van der Waals surface area contributed by atoms with Crippen molar-refractivity contribution in [1.82, 2.24) is 4.90 Å². The summed E-state index contributed by atoms with van der Waals surface area (Å²) in [6, 6.07) is 1.91. The highest BCUT2D eigenvalue weighted by Crippen LogP contribution is 2.54. The molecule has 0 amide bonds. The molecule has 0 aromatic carbocycles. The van der Waals surface area contributed by atoms with Gasteiger partial charge < -0.3 is 0 Å². The molecule has 0 aromatic heterocycles. The van der Waals surface area contributed by atoms with E-state index in [1.165, 1.54) is 19.4 Å². The maximum Gasteiger partial charge on any atom is 0.0255 e. The van der Waals surface area contributed by atoms with Crippen molar-refractivity contribution < 1.29 is 0 Å². The first-order chi connectivity index (χ1) is 7.09. The van der Waals surface area contributed by atoms with Gasteiger partial charge in [-0.25, -0.2) is 0 Å². The standard InChI is InChI=1S/C14H25N/c1-8(2)14-9(3)5-12(14)11-6-13-10(4)15(13)7-11/h8-14H,5-7H2,1-4H3. The zero-order valence-corrected chi connectivity index (χ0v) is 10.6. The first kappa shape index (κ1) is 10.1. The van der Waals surface area contributed by atoms with Gasteiger partial charge >= 0.3 is 0 Å². The van der Waals surface area contributed by atoms with Crippen LogP contribution in [0.15, 0.2) is 0 Å². The van der Waals surface area contributed by atoms with Crippen molar-refractivity contribution in [2.24, 2.45) is 29.6 Å². The average molecular weight is 207 g/mol. The molecular weight excluding hydrogens is 182 g/mol. The van der Waals surface area contributed by atoms with Crippen LogP contribution in [0.5, 0.6) is 0 Å². The van der Waals surface area contributed by atoms with Crippen molar-refractivity contribution in [1.29, 1.82) is 0 Å². The molecule has 1 heteroatoms. The first-order valence-electron chi connectivity index (χ1n) is 6.85. The summed E-state index contributed by atoms with van der Waals surface area (Å²) in [6.45, 7) is 11.1.